The maximum Gasteiger partial charge on any atom is 0.134 e. The maximum absolute atomic E-state index is 4.51. The lowest BCUT2D eigenvalue weighted by atomic mass is 10.0. The molecule has 6 nitrogen and oxygen atoms in total. The van der Waals surface area contributed by atoms with Gasteiger partial charge in [0.1, 0.15) is 18.0 Å². The summed E-state index contributed by atoms with van der Waals surface area (Å²) in [5, 5.41) is 1.26. The number of piperidine rings is 1. The summed E-state index contributed by atoms with van der Waals surface area (Å²) in [6.07, 6.45) is 5.97. The maximum atomic E-state index is 4.51. The molecular weight excluding hydrogens is 348 g/mol. The van der Waals surface area contributed by atoms with E-state index in [0.29, 0.717) is 6.04 Å². The zero-order chi connectivity index (χ0) is 19.5. The second kappa shape index (κ2) is 8.10. The molecule has 0 radical (unpaired) electrons. The van der Waals surface area contributed by atoms with Crippen molar-refractivity contribution in [3.8, 4) is 0 Å². The molecule has 3 heterocycles. The Morgan fingerprint density at radius 2 is 1.86 bits per heavy atom. The van der Waals surface area contributed by atoms with Crippen LogP contribution >= 0.6 is 0 Å². The van der Waals surface area contributed by atoms with Gasteiger partial charge in [-0.25, -0.2) is 9.97 Å². The first-order chi connectivity index (χ1) is 13.6. The molecule has 3 aromatic rings. The zero-order valence-corrected chi connectivity index (χ0v) is 16.9. The highest BCUT2D eigenvalue weighted by atomic mass is 15.3. The van der Waals surface area contributed by atoms with Crippen LogP contribution in [0.15, 0.2) is 48.9 Å². The van der Waals surface area contributed by atoms with Crippen LogP contribution in [0.5, 0.6) is 0 Å². The fourth-order valence-corrected chi connectivity index (χ4v) is 3.99. The smallest absolute Gasteiger partial charge is 0.134 e. The monoisotopic (exact) mass is 376 g/mol. The molecule has 1 aliphatic rings. The summed E-state index contributed by atoms with van der Waals surface area (Å²) >= 11 is 0. The number of anilines is 2. The lowest BCUT2D eigenvalue weighted by Gasteiger charge is -2.38. The number of likely N-dealkylation sites (N-methyl/N-ethyl adjacent to an activating group) is 1. The van der Waals surface area contributed by atoms with Crippen LogP contribution in [0.2, 0.25) is 0 Å². The van der Waals surface area contributed by atoms with Crippen LogP contribution in [0.4, 0.5) is 11.6 Å². The molecule has 0 saturated carbocycles. The topological polar surface area (TPSA) is 48.4 Å². The van der Waals surface area contributed by atoms with Crippen LogP contribution in [0.3, 0.4) is 0 Å². The number of fused-ring (bicyclic) bond motifs is 1. The molecule has 28 heavy (non-hydrogen) atoms. The Morgan fingerprint density at radius 1 is 1.04 bits per heavy atom. The summed E-state index contributed by atoms with van der Waals surface area (Å²) in [5.74, 6) is 1.92. The van der Waals surface area contributed by atoms with Gasteiger partial charge in [0, 0.05) is 57.9 Å². The van der Waals surface area contributed by atoms with Gasteiger partial charge in [-0.3, -0.25) is 9.88 Å². The predicted octanol–water partition coefficient (Wildman–Crippen LogP) is 3.19. The fraction of sp³-hybridized carbons (Fsp3) is 0.409. The van der Waals surface area contributed by atoms with Crippen molar-refractivity contribution < 1.29 is 0 Å². The third-order valence-electron chi connectivity index (χ3n) is 5.62. The van der Waals surface area contributed by atoms with Crippen LogP contribution in [-0.2, 0) is 6.54 Å². The molecule has 0 spiro atoms. The lowest BCUT2D eigenvalue weighted by molar-refractivity contribution is 0.199. The summed E-state index contributed by atoms with van der Waals surface area (Å²) in [5.41, 5.74) is 2.42. The molecular formula is C22H28N6. The quantitative estimate of drug-likeness (QED) is 0.682. The number of hydrogen-bond donors (Lipinski definition) is 0. The Bertz CT molecular complexity index is 936. The molecule has 4 rings (SSSR count). The van der Waals surface area contributed by atoms with Crippen LogP contribution in [0.25, 0.3) is 10.9 Å². The van der Waals surface area contributed by atoms with Crippen LogP contribution in [-0.4, -0.2) is 60.1 Å². The van der Waals surface area contributed by atoms with Gasteiger partial charge < -0.3 is 9.80 Å². The normalized spacial score (nSPS) is 17.6. The zero-order valence-electron chi connectivity index (χ0n) is 16.9. The minimum absolute atomic E-state index is 0.451. The average molecular weight is 377 g/mol. The highest BCUT2D eigenvalue weighted by Gasteiger charge is 2.24. The van der Waals surface area contributed by atoms with Crippen molar-refractivity contribution in [3.63, 3.8) is 0 Å². The number of para-hydroxylation sites is 1. The van der Waals surface area contributed by atoms with E-state index in [4.69, 9.17) is 0 Å². The van der Waals surface area contributed by atoms with Crippen LogP contribution in [0.1, 0.15) is 18.4 Å². The van der Waals surface area contributed by atoms with Crippen molar-refractivity contribution in [3.05, 3.63) is 54.5 Å². The Kier molecular flexibility index (Phi) is 5.39. The molecule has 6 heteroatoms. The predicted molar refractivity (Wildman–Crippen MR) is 115 cm³/mol. The number of nitrogens with zero attached hydrogens (tertiary/aromatic N) is 6. The first-order valence-electron chi connectivity index (χ1n) is 9.89. The molecule has 1 unspecified atom stereocenters. The molecule has 1 fully saturated rings. The number of benzene rings is 1. The highest BCUT2D eigenvalue weighted by Crippen LogP contribution is 2.24. The van der Waals surface area contributed by atoms with Crippen molar-refractivity contribution in [1.82, 2.24) is 19.9 Å². The number of likely N-dealkylation sites (tertiary alicyclic amines) is 1. The number of hydrogen-bond acceptors (Lipinski definition) is 6. The van der Waals surface area contributed by atoms with E-state index >= 15 is 0 Å². The summed E-state index contributed by atoms with van der Waals surface area (Å²) < 4.78 is 0. The minimum atomic E-state index is 0.451. The highest BCUT2D eigenvalue weighted by molar-refractivity contribution is 5.81. The largest absolute Gasteiger partial charge is 0.363 e. The summed E-state index contributed by atoms with van der Waals surface area (Å²) in [4.78, 5) is 20.2. The van der Waals surface area contributed by atoms with Gasteiger partial charge in [-0.1, -0.05) is 18.2 Å². The van der Waals surface area contributed by atoms with Gasteiger partial charge in [-0.2, -0.15) is 0 Å². The van der Waals surface area contributed by atoms with Crippen molar-refractivity contribution in [2.45, 2.75) is 25.4 Å². The van der Waals surface area contributed by atoms with Crippen molar-refractivity contribution in [1.29, 1.82) is 0 Å². The fourth-order valence-electron chi connectivity index (χ4n) is 3.99. The van der Waals surface area contributed by atoms with E-state index in [9.17, 15) is 0 Å². The number of pyridine rings is 1. The Labute approximate surface area is 166 Å². The molecule has 0 amide bonds. The molecule has 1 aliphatic heterocycles. The van der Waals surface area contributed by atoms with Crippen LogP contribution in [0, 0.1) is 0 Å². The summed E-state index contributed by atoms with van der Waals surface area (Å²) in [7, 11) is 6.17. The van der Waals surface area contributed by atoms with E-state index < -0.39 is 0 Å². The summed E-state index contributed by atoms with van der Waals surface area (Å²) in [6.45, 7) is 3.13. The number of rotatable bonds is 5. The third kappa shape index (κ3) is 3.92. The molecule has 0 N–H and O–H groups in total. The van der Waals surface area contributed by atoms with Gasteiger partial charge in [0.2, 0.25) is 0 Å². The Hall–Kier alpha value is -2.73. The molecule has 0 bridgehead atoms. The molecule has 1 aromatic carbocycles. The first kappa shape index (κ1) is 18.6. The second-order valence-electron chi connectivity index (χ2n) is 7.76. The van der Waals surface area contributed by atoms with E-state index in [-0.39, 0.29) is 0 Å². The van der Waals surface area contributed by atoms with Crippen molar-refractivity contribution >= 4 is 22.5 Å². The van der Waals surface area contributed by atoms with E-state index in [1.165, 1.54) is 23.8 Å². The molecule has 1 saturated heterocycles. The minimum Gasteiger partial charge on any atom is -0.363 e. The molecule has 1 atom stereocenters. The Morgan fingerprint density at radius 3 is 2.71 bits per heavy atom. The number of aromatic nitrogens is 3. The van der Waals surface area contributed by atoms with Crippen molar-refractivity contribution in [2.24, 2.45) is 0 Å². The molecule has 0 aliphatic carbocycles. The standard InChI is InChI=1S/C22H28N6/c1-26(2)21-13-22(25-16-24-21)27(3)18-7-6-12-28(15-18)14-17-10-11-23-20-9-5-4-8-19(17)20/h4-5,8-11,13,16,18H,6-7,12,14-15H2,1-3H3. The first-order valence-corrected chi connectivity index (χ1v) is 9.89. The third-order valence-corrected chi connectivity index (χ3v) is 5.62. The molecule has 146 valence electrons. The van der Waals surface area contributed by atoms with Crippen LogP contribution < -0.4 is 9.80 Å². The van der Waals surface area contributed by atoms with E-state index in [1.54, 1.807) is 6.33 Å². The second-order valence-corrected chi connectivity index (χ2v) is 7.76. The summed E-state index contributed by atoms with van der Waals surface area (Å²) in [6, 6.07) is 13.1. The Balaban J connectivity index is 1.49. The SMILES string of the molecule is CN(C)c1cc(N(C)C2CCCN(Cc3ccnc4ccccc34)C2)ncn1. The van der Waals surface area contributed by atoms with E-state index in [1.807, 2.05) is 25.2 Å². The van der Waals surface area contributed by atoms with Gasteiger partial charge in [-0.05, 0) is 37.1 Å². The van der Waals surface area contributed by atoms with Gasteiger partial charge in [0.15, 0.2) is 0 Å². The van der Waals surface area contributed by atoms with E-state index in [2.05, 4.69) is 68.2 Å². The van der Waals surface area contributed by atoms with Gasteiger partial charge in [0.25, 0.3) is 0 Å². The van der Waals surface area contributed by atoms with Gasteiger partial charge in [-0.15, -0.1) is 0 Å². The van der Waals surface area contributed by atoms with Gasteiger partial charge >= 0.3 is 0 Å². The van der Waals surface area contributed by atoms with E-state index in [0.717, 1.165) is 36.8 Å². The average Bonchev–Trinajstić information content (AvgIpc) is 2.74. The van der Waals surface area contributed by atoms with Crippen molar-refractivity contribution in [2.75, 3.05) is 44.0 Å². The lowest BCUT2D eigenvalue weighted by Crippen LogP contribution is -2.46. The van der Waals surface area contributed by atoms with Gasteiger partial charge in [0.05, 0.1) is 5.52 Å². The molecule has 2 aromatic heterocycles.